The van der Waals surface area contributed by atoms with Gasteiger partial charge in [-0.05, 0) is 23.3 Å². The van der Waals surface area contributed by atoms with Gasteiger partial charge in [0.15, 0.2) is 5.78 Å². The number of carbonyl (C=O) groups excluding carboxylic acids is 1. The minimum Gasteiger partial charge on any atom is -0.344 e. The van der Waals surface area contributed by atoms with Crippen LogP contribution < -0.4 is 0 Å². The van der Waals surface area contributed by atoms with Gasteiger partial charge in [-0.1, -0.05) is 80.4 Å². The van der Waals surface area contributed by atoms with Crippen molar-refractivity contribution < 1.29 is 9.18 Å². The Balaban J connectivity index is 1.77. The fourth-order valence-electron chi connectivity index (χ4n) is 3.88. The Labute approximate surface area is 164 Å². The number of halogens is 1. The molecular formula is C25H24FNO. The highest BCUT2D eigenvalue weighted by Crippen LogP contribution is 2.28. The normalized spacial score (nSPS) is 12.5. The molecule has 28 heavy (non-hydrogen) atoms. The lowest BCUT2D eigenvalue weighted by molar-refractivity contribution is 0.104. The van der Waals surface area contributed by atoms with Gasteiger partial charge < -0.3 is 4.57 Å². The number of benzene rings is 3. The van der Waals surface area contributed by atoms with E-state index in [1.165, 1.54) is 0 Å². The van der Waals surface area contributed by atoms with Gasteiger partial charge in [0.1, 0.15) is 6.17 Å². The first-order valence-electron chi connectivity index (χ1n) is 9.93. The molecule has 4 rings (SSSR count). The number of ketones is 1. The zero-order valence-corrected chi connectivity index (χ0v) is 16.1. The summed E-state index contributed by atoms with van der Waals surface area (Å²) in [6, 6.07) is 21.5. The van der Waals surface area contributed by atoms with E-state index in [-0.39, 0.29) is 12.3 Å². The molecule has 0 saturated carbocycles. The van der Waals surface area contributed by atoms with Crippen LogP contribution in [0.3, 0.4) is 0 Å². The van der Waals surface area contributed by atoms with Gasteiger partial charge >= 0.3 is 0 Å². The van der Waals surface area contributed by atoms with Gasteiger partial charge in [0.2, 0.25) is 0 Å². The molecule has 1 aromatic heterocycles. The van der Waals surface area contributed by atoms with Crippen LogP contribution in [-0.2, 0) is 6.54 Å². The van der Waals surface area contributed by atoms with Crippen molar-refractivity contribution in [2.75, 3.05) is 0 Å². The number of alkyl halides is 1. The number of para-hydroxylation sites is 1. The number of carbonyl (C=O) groups is 1. The van der Waals surface area contributed by atoms with E-state index in [1.807, 2.05) is 77.5 Å². The number of hydrogen-bond acceptors (Lipinski definition) is 1. The van der Waals surface area contributed by atoms with Crippen LogP contribution in [0.2, 0.25) is 0 Å². The molecule has 0 bridgehead atoms. The van der Waals surface area contributed by atoms with E-state index in [0.717, 1.165) is 34.5 Å². The van der Waals surface area contributed by atoms with Gasteiger partial charge in [0.05, 0.1) is 6.54 Å². The number of hydrogen-bond donors (Lipinski definition) is 0. The minimum atomic E-state index is -0.906. The fraction of sp³-hybridized carbons (Fsp3) is 0.240. The summed E-state index contributed by atoms with van der Waals surface area (Å²) < 4.78 is 16.3. The maximum absolute atomic E-state index is 14.4. The number of fused-ring (bicyclic) bond motifs is 2. The predicted octanol–water partition coefficient (Wildman–Crippen LogP) is 6.55. The molecule has 2 nitrogen and oxygen atoms in total. The molecule has 142 valence electrons. The minimum absolute atomic E-state index is 0.0179. The largest absolute Gasteiger partial charge is 0.344 e. The topological polar surface area (TPSA) is 22.0 Å². The van der Waals surface area contributed by atoms with Crippen molar-refractivity contribution in [2.45, 2.75) is 38.9 Å². The molecule has 1 heterocycles. The number of rotatable bonds is 7. The van der Waals surface area contributed by atoms with Crippen molar-refractivity contribution in [1.82, 2.24) is 4.57 Å². The van der Waals surface area contributed by atoms with E-state index in [0.29, 0.717) is 17.5 Å². The summed E-state index contributed by atoms with van der Waals surface area (Å²) in [7, 11) is 0. The Kier molecular flexibility index (Phi) is 5.25. The van der Waals surface area contributed by atoms with Crippen LogP contribution in [0.1, 0.15) is 42.1 Å². The van der Waals surface area contributed by atoms with E-state index in [9.17, 15) is 9.18 Å². The van der Waals surface area contributed by atoms with Crippen molar-refractivity contribution >= 4 is 27.5 Å². The lowest BCUT2D eigenvalue weighted by atomic mass is 9.97. The summed E-state index contributed by atoms with van der Waals surface area (Å²) in [5.74, 6) is -0.0179. The molecule has 3 aromatic carbocycles. The fourth-order valence-corrected chi connectivity index (χ4v) is 3.88. The third-order valence-electron chi connectivity index (χ3n) is 5.33. The lowest BCUT2D eigenvalue weighted by Crippen LogP contribution is -2.10. The van der Waals surface area contributed by atoms with E-state index >= 15 is 0 Å². The average molecular weight is 373 g/mol. The molecule has 0 fully saturated rings. The van der Waals surface area contributed by atoms with Gasteiger partial charge in [-0.2, -0.15) is 0 Å². The standard InChI is InChI=1S/C25H24FNO/c1-2-3-11-19(26)16-27-17-23(21-13-6-7-15-24(21)27)25(28)22-14-8-10-18-9-4-5-12-20(18)22/h4-10,12-15,17,19H,2-3,11,16H2,1H3/t19-/m1/s1. The smallest absolute Gasteiger partial charge is 0.195 e. The zero-order valence-electron chi connectivity index (χ0n) is 16.1. The third kappa shape index (κ3) is 3.45. The van der Waals surface area contributed by atoms with Gasteiger partial charge in [-0.25, -0.2) is 4.39 Å². The van der Waals surface area contributed by atoms with Crippen molar-refractivity contribution in [1.29, 1.82) is 0 Å². The van der Waals surface area contributed by atoms with Gasteiger partial charge in [0, 0.05) is 28.2 Å². The Morgan fingerprint density at radius 3 is 2.46 bits per heavy atom. The quantitative estimate of drug-likeness (QED) is 0.337. The molecule has 0 aliphatic heterocycles. The van der Waals surface area contributed by atoms with Crippen LogP contribution >= 0.6 is 0 Å². The van der Waals surface area contributed by atoms with Crippen molar-refractivity contribution in [3.05, 3.63) is 84.1 Å². The summed E-state index contributed by atoms with van der Waals surface area (Å²) >= 11 is 0. The highest BCUT2D eigenvalue weighted by Gasteiger charge is 2.19. The van der Waals surface area contributed by atoms with Crippen LogP contribution in [0.15, 0.2) is 72.9 Å². The Morgan fingerprint density at radius 1 is 0.929 bits per heavy atom. The molecular weight excluding hydrogens is 349 g/mol. The molecule has 0 saturated heterocycles. The summed E-state index contributed by atoms with van der Waals surface area (Å²) in [6.07, 6.45) is 3.33. The van der Waals surface area contributed by atoms with Gasteiger partial charge in [-0.15, -0.1) is 0 Å². The second-order valence-corrected chi connectivity index (χ2v) is 7.31. The first-order valence-corrected chi connectivity index (χ1v) is 9.93. The molecule has 0 spiro atoms. The van der Waals surface area contributed by atoms with E-state index in [2.05, 4.69) is 6.92 Å². The van der Waals surface area contributed by atoms with Gasteiger partial charge in [0.25, 0.3) is 0 Å². The van der Waals surface area contributed by atoms with E-state index < -0.39 is 6.17 Å². The highest BCUT2D eigenvalue weighted by atomic mass is 19.1. The first-order chi connectivity index (χ1) is 13.7. The maximum Gasteiger partial charge on any atom is 0.195 e. The van der Waals surface area contributed by atoms with Crippen LogP contribution in [0.4, 0.5) is 4.39 Å². The van der Waals surface area contributed by atoms with Gasteiger partial charge in [-0.3, -0.25) is 4.79 Å². The summed E-state index contributed by atoms with van der Waals surface area (Å²) in [4.78, 5) is 13.4. The molecule has 0 N–H and O–H groups in total. The Hall–Kier alpha value is -2.94. The Bertz CT molecular complexity index is 1120. The summed E-state index contributed by atoms with van der Waals surface area (Å²) in [5, 5.41) is 2.86. The first kappa shape index (κ1) is 18.4. The number of unbranched alkanes of at least 4 members (excludes halogenated alkanes) is 1. The second-order valence-electron chi connectivity index (χ2n) is 7.31. The van der Waals surface area contributed by atoms with E-state index in [1.54, 1.807) is 0 Å². The molecule has 0 aliphatic carbocycles. The molecule has 4 aromatic rings. The molecule has 1 atom stereocenters. The highest BCUT2D eigenvalue weighted by molar-refractivity contribution is 6.21. The van der Waals surface area contributed by atoms with E-state index in [4.69, 9.17) is 0 Å². The monoisotopic (exact) mass is 373 g/mol. The van der Waals surface area contributed by atoms with Crippen LogP contribution in [-0.4, -0.2) is 16.5 Å². The van der Waals surface area contributed by atoms with Crippen molar-refractivity contribution in [3.8, 4) is 0 Å². The second kappa shape index (κ2) is 7.97. The average Bonchev–Trinajstić information content (AvgIpc) is 3.10. The number of aromatic nitrogens is 1. The molecule has 0 unspecified atom stereocenters. The summed E-state index contributed by atoms with van der Waals surface area (Å²) in [6.45, 7) is 2.35. The maximum atomic E-state index is 14.4. The molecule has 0 amide bonds. The molecule has 0 aliphatic rings. The van der Waals surface area contributed by atoms with Crippen molar-refractivity contribution in [2.24, 2.45) is 0 Å². The third-order valence-corrected chi connectivity index (χ3v) is 5.33. The van der Waals surface area contributed by atoms with Crippen molar-refractivity contribution in [3.63, 3.8) is 0 Å². The van der Waals surface area contributed by atoms with Crippen LogP contribution in [0, 0.1) is 0 Å². The molecule has 3 heteroatoms. The zero-order chi connectivity index (χ0) is 19.5. The predicted molar refractivity (Wildman–Crippen MR) is 114 cm³/mol. The van der Waals surface area contributed by atoms with Crippen LogP contribution in [0.25, 0.3) is 21.7 Å². The summed E-state index contributed by atoms with van der Waals surface area (Å²) in [5.41, 5.74) is 2.23. The molecule has 0 radical (unpaired) electrons. The van der Waals surface area contributed by atoms with Crippen LogP contribution in [0.5, 0.6) is 0 Å². The lowest BCUT2D eigenvalue weighted by Gasteiger charge is -2.10. The Morgan fingerprint density at radius 2 is 1.64 bits per heavy atom. The number of nitrogens with zero attached hydrogens (tertiary/aromatic N) is 1. The SMILES string of the molecule is CCCC[C@@H](F)Cn1cc(C(=O)c2cccc3ccccc23)c2ccccc21.